The molecule has 0 spiro atoms. The number of para-hydroxylation sites is 2. The second kappa shape index (κ2) is 6.53. The number of fused-ring (bicyclic) bond motifs is 2. The third-order valence-electron chi connectivity index (χ3n) is 2.99. The van der Waals surface area contributed by atoms with Crippen molar-refractivity contribution >= 4 is 44.1 Å². The first-order valence-electron chi connectivity index (χ1n) is 6.17. The minimum absolute atomic E-state index is 0.718. The lowest BCUT2D eigenvalue weighted by Crippen LogP contribution is -2.30. The van der Waals surface area contributed by atoms with Gasteiger partial charge in [-0.25, -0.2) is 13.4 Å². The van der Waals surface area contributed by atoms with Crippen LogP contribution in [0.5, 0.6) is 0 Å². The van der Waals surface area contributed by atoms with Gasteiger partial charge in [-0.2, -0.15) is 4.57 Å². The number of rotatable bonds is 1. The summed E-state index contributed by atoms with van der Waals surface area (Å²) < 4.78 is 33.2. The molecule has 0 atom stereocenters. The molecule has 0 saturated carbocycles. The largest absolute Gasteiger partial charge is 0.726 e. The molecule has 6 nitrogen and oxygen atoms in total. The van der Waals surface area contributed by atoms with Crippen LogP contribution in [0.25, 0.3) is 22.1 Å². The zero-order valence-corrected chi connectivity index (χ0v) is 13.4. The summed E-state index contributed by atoms with van der Waals surface area (Å²) in [5, 5.41) is 0.718. The molecule has 0 saturated heterocycles. The predicted molar refractivity (Wildman–Crippen MR) is 82.1 cm³/mol. The molecular formula is C14H13ClN2O4S. The highest BCUT2D eigenvalue weighted by atomic mass is 35.5. The van der Waals surface area contributed by atoms with Crippen LogP contribution in [-0.4, -0.2) is 25.1 Å². The Hall–Kier alpha value is -1.80. The summed E-state index contributed by atoms with van der Waals surface area (Å²) >= 11 is 5.97. The standard InChI is InChI=1S/C13H10ClN2.CH4O4S/c1-16-12-5-3-2-4-10(12)15-11-8-9(14)6-7-13(11)16;1-5-6(2,3)4/h2-8H,1H3;1H3,(H,2,3,4)/q+1;/p-1. The van der Waals surface area contributed by atoms with E-state index in [4.69, 9.17) is 11.6 Å². The maximum absolute atomic E-state index is 9.22. The zero-order valence-electron chi connectivity index (χ0n) is 11.9. The van der Waals surface area contributed by atoms with Gasteiger partial charge in [0.2, 0.25) is 21.4 Å². The summed E-state index contributed by atoms with van der Waals surface area (Å²) in [5.74, 6) is 0. The quantitative estimate of drug-likeness (QED) is 0.293. The van der Waals surface area contributed by atoms with Crippen molar-refractivity contribution in [2.45, 2.75) is 0 Å². The van der Waals surface area contributed by atoms with Crippen LogP contribution in [0.4, 0.5) is 0 Å². The van der Waals surface area contributed by atoms with Crippen LogP contribution < -0.4 is 4.57 Å². The third kappa shape index (κ3) is 3.89. The Morgan fingerprint density at radius 1 is 1.14 bits per heavy atom. The Kier molecular flexibility index (Phi) is 4.92. The van der Waals surface area contributed by atoms with E-state index in [1.807, 2.05) is 43.4 Å². The van der Waals surface area contributed by atoms with Gasteiger partial charge in [0.15, 0.2) is 0 Å². The van der Waals surface area contributed by atoms with Gasteiger partial charge in [-0.3, -0.25) is 4.18 Å². The minimum atomic E-state index is -4.41. The Balaban J connectivity index is 0.000000254. The monoisotopic (exact) mass is 340 g/mol. The SMILES string of the molecule is COS(=O)(=O)[O-].C[n+]1c2ccccc2nc2cc(Cl)ccc21. The summed E-state index contributed by atoms with van der Waals surface area (Å²) in [6.07, 6.45) is 0. The van der Waals surface area contributed by atoms with Gasteiger partial charge in [-0.1, -0.05) is 23.7 Å². The van der Waals surface area contributed by atoms with E-state index in [0.717, 1.165) is 34.2 Å². The molecule has 0 fully saturated rings. The molecule has 3 rings (SSSR count). The Labute approximate surface area is 132 Å². The lowest BCUT2D eigenvalue weighted by molar-refractivity contribution is -0.617. The Morgan fingerprint density at radius 3 is 2.36 bits per heavy atom. The molecular weight excluding hydrogens is 328 g/mol. The highest BCUT2D eigenvalue weighted by Gasteiger charge is 2.11. The van der Waals surface area contributed by atoms with E-state index in [0.29, 0.717) is 0 Å². The molecule has 0 aliphatic rings. The van der Waals surface area contributed by atoms with Gasteiger partial charge < -0.3 is 4.55 Å². The van der Waals surface area contributed by atoms with E-state index < -0.39 is 10.4 Å². The van der Waals surface area contributed by atoms with Gasteiger partial charge in [0, 0.05) is 17.2 Å². The lowest BCUT2D eigenvalue weighted by Gasteiger charge is -2.00. The van der Waals surface area contributed by atoms with Gasteiger partial charge in [-0.15, -0.1) is 0 Å². The fourth-order valence-corrected chi connectivity index (χ4v) is 2.14. The number of halogens is 1. The van der Waals surface area contributed by atoms with Crippen molar-refractivity contribution in [3.63, 3.8) is 0 Å². The molecule has 116 valence electrons. The molecule has 2 aromatic carbocycles. The first kappa shape index (κ1) is 16.6. The van der Waals surface area contributed by atoms with E-state index in [2.05, 4.69) is 19.8 Å². The van der Waals surface area contributed by atoms with Gasteiger partial charge in [0.05, 0.1) is 7.11 Å². The number of benzene rings is 2. The van der Waals surface area contributed by atoms with Crippen LogP contribution in [0.2, 0.25) is 5.02 Å². The van der Waals surface area contributed by atoms with Gasteiger partial charge in [0.1, 0.15) is 18.1 Å². The van der Waals surface area contributed by atoms with Gasteiger partial charge >= 0.3 is 0 Å². The van der Waals surface area contributed by atoms with E-state index in [9.17, 15) is 13.0 Å². The summed E-state index contributed by atoms with van der Waals surface area (Å²) in [7, 11) is -1.56. The molecule has 0 unspecified atom stereocenters. The van der Waals surface area contributed by atoms with Crippen LogP contribution in [0, 0.1) is 0 Å². The maximum atomic E-state index is 9.22. The molecule has 8 heteroatoms. The molecule has 0 radical (unpaired) electrons. The molecule has 1 aromatic heterocycles. The molecule has 0 aliphatic heterocycles. The number of aryl methyl sites for hydroxylation is 1. The summed E-state index contributed by atoms with van der Waals surface area (Å²) in [6.45, 7) is 0. The molecule has 0 amide bonds. The van der Waals surface area contributed by atoms with Crippen molar-refractivity contribution in [2.75, 3.05) is 7.11 Å². The van der Waals surface area contributed by atoms with Crippen LogP contribution >= 0.6 is 11.6 Å². The average molecular weight is 341 g/mol. The fourth-order valence-electron chi connectivity index (χ4n) is 1.97. The smallest absolute Gasteiger partial charge is 0.231 e. The van der Waals surface area contributed by atoms with Crippen molar-refractivity contribution in [2.24, 2.45) is 7.05 Å². The highest BCUT2D eigenvalue weighted by Crippen LogP contribution is 2.17. The normalized spacial score (nSPS) is 11.3. The second-order valence-electron chi connectivity index (χ2n) is 4.37. The number of hydrogen-bond acceptors (Lipinski definition) is 5. The topological polar surface area (TPSA) is 83.2 Å². The lowest BCUT2D eigenvalue weighted by atomic mass is 10.2. The fraction of sp³-hybridized carbons (Fsp3) is 0.143. The Bertz CT molecular complexity index is 929. The van der Waals surface area contributed by atoms with Crippen LogP contribution in [0.15, 0.2) is 42.5 Å². The summed E-state index contributed by atoms with van der Waals surface area (Å²) in [5.41, 5.74) is 4.12. The van der Waals surface area contributed by atoms with Crippen molar-refractivity contribution in [1.82, 2.24) is 4.98 Å². The number of aromatic nitrogens is 2. The van der Waals surface area contributed by atoms with E-state index in [1.54, 1.807) is 0 Å². The van der Waals surface area contributed by atoms with E-state index in [1.165, 1.54) is 0 Å². The summed E-state index contributed by atoms with van der Waals surface area (Å²) in [4.78, 5) is 4.59. The average Bonchev–Trinajstić information content (AvgIpc) is 2.47. The molecule has 22 heavy (non-hydrogen) atoms. The van der Waals surface area contributed by atoms with E-state index >= 15 is 0 Å². The van der Waals surface area contributed by atoms with Crippen LogP contribution in [0.1, 0.15) is 0 Å². The van der Waals surface area contributed by atoms with Crippen molar-refractivity contribution < 1.29 is 21.7 Å². The molecule has 0 bridgehead atoms. The molecule has 0 aliphatic carbocycles. The number of hydrogen-bond donors (Lipinski definition) is 0. The zero-order chi connectivity index (χ0) is 16.3. The van der Waals surface area contributed by atoms with Crippen LogP contribution in [0.3, 0.4) is 0 Å². The van der Waals surface area contributed by atoms with E-state index in [-0.39, 0.29) is 0 Å². The van der Waals surface area contributed by atoms with Gasteiger partial charge in [0.25, 0.3) is 0 Å². The van der Waals surface area contributed by atoms with Crippen LogP contribution in [-0.2, 0) is 21.6 Å². The maximum Gasteiger partial charge on any atom is 0.231 e. The second-order valence-corrected chi connectivity index (χ2v) is 5.95. The first-order chi connectivity index (χ1) is 10.3. The minimum Gasteiger partial charge on any atom is -0.726 e. The highest BCUT2D eigenvalue weighted by molar-refractivity contribution is 7.80. The predicted octanol–water partition coefficient (Wildman–Crippen LogP) is 1.96. The van der Waals surface area contributed by atoms with Crippen molar-refractivity contribution in [3.8, 4) is 0 Å². The molecule has 3 aromatic rings. The summed E-state index contributed by atoms with van der Waals surface area (Å²) in [6, 6.07) is 13.9. The van der Waals surface area contributed by atoms with Crippen molar-refractivity contribution in [1.29, 1.82) is 0 Å². The molecule has 0 N–H and O–H groups in total. The Morgan fingerprint density at radius 2 is 1.73 bits per heavy atom. The molecule has 1 heterocycles. The third-order valence-corrected chi connectivity index (χ3v) is 3.63. The first-order valence-corrected chi connectivity index (χ1v) is 7.88. The van der Waals surface area contributed by atoms with Gasteiger partial charge in [-0.05, 0) is 18.2 Å². The number of nitrogens with zero attached hydrogens (tertiary/aromatic N) is 2. The van der Waals surface area contributed by atoms with Crippen molar-refractivity contribution in [3.05, 3.63) is 47.5 Å².